The molecule has 20 heavy (non-hydrogen) atoms. The van der Waals surface area contributed by atoms with Gasteiger partial charge in [0, 0.05) is 6.54 Å². The summed E-state index contributed by atoms with van der Waals surface area (Å²) in [5.74, 6) is 1.33. The maximum absolute atomic E-state index is 11.5. The van der Waals surface area contributed by atoms with Gasteiger partial charge in [0.25, 0.3) is 0 Å². The molecule has 2 amide bonds. The number of nitrogens with one attached hydrogen (secondary N) is 2. The minimum Gasteiger partial charge on any atom is -0.467 e. The van der Waals surface area contributed by atoms with E-state index in [9.17, 15) is 9.90 Å². The van der Waals surface area contributed by atoms with Crippen molar-refractivity contribution in [3.8, 4) is 0 Å². The number of carbonyl (C=O) groups excluding carboxylic acids is 1. The number of rotatable bonds is 7. The van der Waals surface area contributed by atoms with Crippen molar-refractivity contribution < 1.29 is 14.3 Å². The Labute approximate surface area is 119 Å². The zero-order valence-electron chi connectivity index (χ0n) is 11.8. The molecule has 0 saturated heterocycles. The fourth-order valence-electron chi connectivity index (χ4n) is 2.73. The average Bonchev–Trinajstić information content (AvgIpc) is 3.13. The second kappa shape index (κ2) is 7.94. The van der Waals surface area contributed by atoms with Crippen LogP contribution in [0.1, 0.15) is 50.4 Å². The Morgan fingerprint density at radius 3 is 2.90 bits per heavy atom. The second-order valence-electron chi connectivity index (χ2n) is 5.46. The van der Waals surface area contributed by atoms with E-state index in [1.165, 1.54) is 38.4 Å². The molecule has 1 atom stereocenters. The summed E-state index contributed by atoms with van der Waals surface area (Å²) in [4.78, 5) is 11.5. The third-order valence-corrected chi connectivity index (χ3v) is 3.88. The standard InChI is InChI=1S/C15H24N2O3/c18-13(14-8-4-10-20-14)11-17-15(19)16-9-3-7-12-5-1-2-6-12/h4,8,10,12-13,18H,1-3,5-7,9,11H2,(H2,16,17,19). The van der Waals surface area contributed by atoms with Crippen molar-refractivity contribution in [3.05, 3.63) is 24.2 Å². The second-order valence-corrected chi connectivity index (χ2v) is 5.46. The average molecular weight is 280 g/mol. The topological polar surface area (TPSA) is 74.5 Å². The van der Waals surface area contributed by atoms with Crippen LogP contribution in [0, 0.1) is 5.92 Å². The van der Waals surface area contributed by atoms with Crippen LogP contribution in [0.25, 0.3) is 0 Å². The SMILES string of the molecule is O=C(NCCCC1CCCC1)NCC(O)c1ccco1. The molecule has 5 heteroatoms. The van der Waals surface area contributed by atoms with E-state index in [-0.39, 0.29) is 12.6 Å². The van der Waals surface area contributed by atoms with Gasteiger partial charge in [-0.25, -0.2) is 4.79 Å². The Morgan fingerprint density at radius 1 is 1.40 bits per heavy atom. The smallest absolute Gasteiger partial charge is 0.314 e. The minimum absolute atomic E-state index is 0.155. The lowest BCUT2D eigenvalue weighted by molar-refractivity contribution is 0.148. The summed E-state index contributed by atoms with van der Waals surface area (Å²) < 4.78 is 5.06. The molecule has 1 aliphatic rings. The van der Waals surface area contributed by atoms with Crippen LogP contribution < -0.4 is 10.6 Å². The molecule has 0 radical (unpaired) electrons. The fraction of sp³-hybridized carbons (Fsp3) is 0.667. The van der Waals surface area contributed by atoms with Gasteiger partial charge in [-0.15, -0.1) is 0 Å². The van der Waals surface area contributed by atoms with Gasteiger partial charge in [0.1, 0.15) is 11.9 Å². The minimum atomic E-state index is -0.797. The van der Waals surface area contributed by atoms with Gasteiger partial charge < -0.3 is 20.2 Å². The Bertz CT molecular complexity index is 386. The number of amides is 2. The van der Waals surface area contributed by atoms with E-state index in [4.69, 9.17) is 4.42 Å². The molecule has 1 heterocycles. The fourth-order valence-corrected chi connectivity index (χ4v) is 2.73. The van der Waals surface area contributed by atoms with Crippen molar-refractivity contribution in [2.24, 2.45) is 5.92 Å². The lowest BCUT2D eigenvalue weighted by Crippen LogP contribution is -2.38. The number of carbonyl (C=O) groups is 1. The van der Waals surface area contributed by atoms with Gasteiger partial charge in [0.15, 0.2) is 0 Å². The third kappa shape index (κ3) is 4.89. The molecule has 1 aliphatic carbocycles. The van der Waals surface area contributed by atoms with E-state index in [2.05, 4.69) is 10.6 Å². The molecular weight excluding hydrogens is 256 g/mol. The predicted octanol–water partition coefficient (Wildman–Crippen LogP) is 2.58. The summed E-state index contributed by atoms with van der Waals surface area (Å²) >= 11 is 0. The monoisotopic (exact) mass is 280 g/mol. The first-order valence-corrected chi connectivity index (χ1v) is 7.49. The molecule has 2 rings (SSSR count). The summed E-state index contributed by atoms with van der Waals surface area (Å²) in [5.41, 5.74) is 0. The van der Waals surface area contributed by atoms with Crippen molar-refractivity contribution in [1.82, 2.24) is 10.6 Å². The highest BCUT2D eigenvalue weighted by Crippen LogP contribution is 2.28. The van der Waals surface area contributed by atoms with Crippen molar-refractivity contribution in [2.75, 3.05) is 13.1 Å². The van der Waals surface area contributed by atoms with E-state index in [1.54, 1.807) is 12.1 Å². The van der Waals surface area contributed by atoms with Gasteiger partial charge in [-0.05, 0) is 30.9 Å². The highest BCUT2D eigenvalue weighted by atomic mass is 16.4. The van der Waals surface area contributed by atoms with Crippen LogP contribution >= 0.6 is 0 Å². The quantitative estimate of drug-likeness (QED) is 0.672. The lowest BCUT2D eigenvalue weighted by Gasteiger charge is -2.12. The molecule has 1 saturated carbocycles. The Balaban J connectivity index is 1.51. The molecule has 5 nitrogen and oxygen atoms in total. The van der Waals surface area contributed by atoms with Crippen molar-refractivity contribution in [2.45, 2.75) is 44.6 Å². The zero-order valence-corrected chi connectivity index (χ0v) is 11.8. The highest BCUT2D eigenvalue weighted by Gasteiger charge is 2.14. The summed E-state index contributed by atoms with van der Waals surface area (Å²) in [6.45, 7) is 0.848. The highest BCUT2D eigenvalue weighted by molar-refractivity contribution is 5.73. The number of furan rings is 1. The maximum Gasteiger partial charge on any atom is 0.314 e. The first-order chi connectivity index (χ1) is 9.75. The number of aliphatic hydroxyl groups is 1. The van der Waals surface area contributed by atoms with E-state index < -0.39 is 6.10 Å². The van der Waals surface area contributed by atoms with E-state index in [0.717, 1.165) is 12.3 Å². The van der Waals surface area contributed by atoms with Crippen LogP contribution in [-0.4, -0.2) is 24.2 Å². The molecule has 1 unspecified atom stereocenters. The molecule has 1 aromatic rings. The predicted molar refractivity (Wildman–Crippen MR) is 76.3 cm³/mol. The molecule has 0 bridgehead atoms. The van der Waals surface area contributed by atoms with Crippen LogP contribution in [0.15, 0.2) is 22.8 Å². The number of hydrogen-bond donors (Lipinski definition) is 3. The molecule has 1 fully saturated rings. The summed E-state index contributed by atoms with van der Waals surface area (Å²) in [6.07, 6.45) is 8.36. The van der Waals surface area contributed by atoms with Crippen LogP contribution in [0.5, 0.6) is 0 Å². The summed E-state index contributed by atoms with van der Waals surface area (Å²) in [6, 6.07) is 3.16. The first kappa shape index (κ1) is 14.9. The Hall–Kier alpha value is -1.49. The normalized spacial score (nSPS) is 17.1. The van der Waals surface area contributed by atoms with Crippen LogP contribution in [-0.2, 0) is 0 Å². The summed E-state index contributed by atoms with van der Waals surface area (Å²) in [7, 11) is 0. The van der Waals surface area contributed by atoms with Gasteiger partial charge >= 0.3 is 6.03 Å². The number of aliphatic hydroxyl groups excluding tert-OH is 1. The molecule has 0 aliphatic heterocycles. The van der Waals surface area contributed by atoms with Crippen LogP contribution in [0.4, 0.5) is 4.79 Å². The van der Waals surface area contributed by atoms with E-state index in [0.29, 0.717) is 12.3 Å². The van der Waals surface area contributed by atoms with E-state index in [1.807, 2.05) is 0 Å². The molecular formula is C15H24N2O3. The van der Waals surface area contributed by atoms with Crippen LogP contribution in [0.2, 0.25) is 0 Å². The lowest BCUT2D eigenvalue weighted by atomic mass is 10.0. The van der Waals surface area contributed by atoms with Crippen molar-refractivity contribution in [1.29, 1.82) is 0 Å². The molecule has 112 valence electrons. The Morgan fingerprint density at radius 2 is 2.20 bits per heavy atom. The molecule has 3 N–H and O–H groups in total. The molecule has 0 aromatic carbocycles. The summed E-state index contributed by atoms with van der Waals surface area (Å²) in [5, 5.41) is 15.2. The van der Waals surface area contributed by atoms with E-state index >= 15 is 0 Å². The van der Waals surface area contributed by atoms with Gasteiger partial charge in [-0.3, -0.25) is 0 Å². The molecule has 0 spiro atoms. The van der Waals surface area contributed by atoms with Crippen molar-refractivity contribution in [3.63, 3.8) is 0 Å². The van der Waals surface area contributed by atoms with Crippen molar-refractivity contribution >= 4 is 6.03 Å². The Kier molecular flexibility index (Phi) is 5.92. The largest absolute Gasteiger partial charge is 0.467 e. The molecule has 1 aromatic heterocycles. The zero-order chi connectivity index (χ0) is 14.2. The third-order valence-electron chi connectivity index (χ3n) is 3.88. The van der Waals surface area contributed by atoms with Gasteiger partial charge in [-0.1, -0.05) is 25.7 Å². The number of hydrogen-bond acceptors (Lipinski definition) is 3. The number of urea groups is 1. The van der Waals surface area contributed by atoms with Gasteiger partial charge in [-0.2, -0.15) is 0 Å². The van der Waals surface area contributed by atoms with Crippen LogP contribution in [0.3, 0.4) is 0 Å². The van der Waals surface area contributed by atoms with Gasteiger partial charge in [0.2, 0.25) is 0 Å². The maximum atomic E-state index is 11.5. The van der Waals surface area contributed by atoms with Gasteiger partial charge in [0.05, 0.1) is 12.8 Å². The first-order valence-electron chi connectivity index (χ1n) is 7.49.